The highest BCUT2D eigenvalue weighted by molar-refractivity contribution is 5.71. The van der Waals surface area contributed by atoms with E-state index < -0.39 is 6.10 Å². The Morgan fingerprint density at radius 1 is 0.355 bits per heavy atom. The number of hydrogen-bond acceptors (Lipinski definition) is 6. The number of hydrogen-bond donors (Lipinski definition) is 0. The SMILES string of the molecule is CC/C=C\C/C=C\C/C=C\C/C=C\CCCCCCCCC(=O)OCC(COC(=O)CCCCC/C=C\C=C/CCCC)OC(=O)CCCCCCCCCCCCCCCC. The zero-order valence-corrected chi connectivity index (χ0v) is 40.6. The summed E-state index contributed by atoms with van der Waals surface area (Å²) in [4.78, 5) is 37.9. The highest BCUT2D eigenvalue weighted by atomic mass is 16.6. The first kappa shape index (κ1) is 58.9. The van der Waals surface area contributed by atoms with E-state index in [9.17, 15) is 14.4 Å². The average Bonchev–Trinajstić information content (AvgIpc) is 3.27. The van der Waals surface area contributed by atoms with Crippen molar-refractivity contribution in [1.29, 1.82) is 0 Å². The molecule has 0 aromatic heterocycles. The van der Waals surface area contributed by atoms with Gasteiger partial charge in [-0.3, -0.25) is 14.4 Å². The molecule has 0 bridgehead atoms. The number of ether oxygens (including phenoxy) is 3. The van der Waals surface area contributed by atoms with Crippen LogP contribution < -0.4 is 0 Å². The van der Waals surface area contributed by atoms with Gasteiger partial charge in [-0.1, -0.05) is 222 Å². The third kappa shape index (κ3) is 47.9. The number of rotatable bonds is 46. The largest absolute Gasteiger partial charge is 0.462 e. The maximum atomic E-state index is 12.8. The molecule has 0 fully saturated rings. The van der Waals surface area contributed by atoms with E-state index >= 15 is 0 Å². The van der Waals surface area contributed by atoms with Gasteiger partial charge in [-0.2, -0.15) is 0 Å². The number of carbonyl (C=O) groups is 3. The van der Waals surface area contributed by atoms with Gasteiger partial charge in [0.15, 0.2) is 6.10 Å². The first-order valence-corrected chi connectivity index (χ1v) is 26.0. The normalized spacial score (nSPS) is 12.6. The number of esters is 3. The van der Waals surface area contributed by atoms with E-state index in [1.54, 1.807) is 0 Å². The molecule has 0 saturated carbocycles. The van der Waals surface area contributed by atoms with Crippen LogP contribution in [0.25, 0.3) is 0 Å². The Balaban J connectivity index is 4.39. The minimum atomic E-state index is -0.789. The summed E-state index contributed by atoms with van der Waals surface area (Å²) in [5.41, 5.74) is 0. The Morgan fingerprint density at radius 2 is 0.694 bits per heavy atom. The maximum absolute atomic E-state index is 12.8. The van der Waals surface area contributed by atoms with Crippen molar-refractivity contribution in [3.63, 3.8) is 0 Å². The van der Waals surface area contributed by atoms with Crippen molar-refractivity contribution in [3.8, 4) is 0 Å². The van der Waals surface area contributed by atoms with Gasteiger partial charge in [0.1, 0.15) is 13.2 Å². The van der Waals surface area contributed by atoms with E-state index in [2.05, 4.69) is 93.7 Å². The first-order chi connectivity index (χ1) is 30.5. The van der Waals surface area contributed by atoms with Crippen LogP contribution >= 0.6 is 0 Å². The van der Waals surface area contributed by atoms with Crippen LogP contribution in [-0.2, 0) is 28.6 Å². The lowest BCUT2D eigenvalue weighted by molar-refractivity contribution is -0.167. The second kappa shape index (κ2) is 50.5. The van der Waals surface area contributed by atoms with Gasteiger partial charge in [0, 0.05) is 19.3 Å². The summed E-state index contributed by atoms with van der Waals surface area (Å²) < 4.78 is 16.8. The molecule has 0 spiro atoms. The minimum Gasteiger partial charge on any atom is -0.462 e. The summed E-state index contributed by atoms with van der Waals surface area (Å²) in [5, 5.41) is 0. The zero-order chi connectivity index (χ0) is 45.1. The van der Waals surface area contributed by atoms with Gasteiger partial charge in [0.2, 0.25) is 0 Å². The Bertz CT molecular complexity index is 1180. The molecule has 356 valence electrons. The maximum Gasteiger partial charge on any atom is 0.306 e. The predicted molar refractivity (Wildman–Crippen MR) is 265 cm³/mol. The van der Waals surface area contributed by atoms with Crippen LogP contribution in [-0.4, -0.2) is 37.2 Å². The third-order valence-electron chi connectivity index (χ3n) is 11.0. The lowest BCUT2D eigenvalue weighted by Gasteiger charge is -2.18. The second-order valence-electron chi connectivity index (χ2n) is 17.1. The van der Waals surface area contributed by atoms with Gasteiger partial charge in [-0.15, -0.1) is 0 Å². The molecule has 0 saturated heterocycles. The van der Waals surface area contributed by atoms with Crippen molar-refractivity contribution in [3.05, 3.63) is 72.9 Å². The summed E-state index contributed by atoms with van der Waals surface area (Å²) in [6.07, 6.45) is 63.1. The molecule has 1 atom stereocenters. The van der Waals surface area contributed by atoms with Crippen LogP contribution in [0.3, 0.4) is 0 Å². The Morgan fingerprint density at radius 3 is 1.15 bits per heavy atom. The lowest BCUT2D eigenvalue weighted by atomic mass is 10.0. The molecule has 0 aliphatic heterocycles. The third-order valence-corrected chi connectivity index (χ3v) is 11.0. The van der Waals surface area contributed by atoms with Crippen LogP contribution in [0, 0.1) is 0 Å². The molecule has 0 amide bonds. The van der Waals surface area contributed by atoms with Crippen molar-refractivity contribution in [1.82, 2.24) is 0 Å². The number of unbranched alkanes of at least 4 members (excludes halogenated alkanes) is 24. The van der Waals surface area contributed by atoms with Crippen molar-refractivity contribution < 1.29 is 28.6 Å². The first-order valence-electron chi connectivity index (χ1n) is 26.0. The summed E-state index contributed by atoms with van der Waals surface area (Å²) in [5.74, 6) is -0.928. The highest BCUT2D eigenvalue weighted by Gasteiger charge is 2.19. The van der Waals surface area contributed by atoms with Crippen molar-refractivity contribution in [2.75, 3.05) is 13.2 Å². The molecular formula is C56H96O6. The standard InChI is InChI=1S/C56H96O6/c1-4-7-10-13-16-19-22-24-26-27-28-29-30-32-34-37-40-43-46-49-55(58)61-52-53(51-60-54(57)48-45-42-39-36-33-21-18-15-12-9-6-3)62-56(59)50-47-44-41-38-35-31-25-23-20-17-14-11-8-5-2/h7,10,15-16,18-19,21,24,26,28-29,33,53H,4-6,8-9,11-14,17,20,22-23,25,27,30-32,34-52H2,1-3H3/b10-7-,18-15-,19-16-,26-24-,29-28-,33-21-. The molecule has 6 heteroatoms. The van der Waals surface area contributed by atoms with Gasteiger partial charge in [-0.25, -0.2) is 0 Å². The van der Waals surface area contributed by atoms with Gasteiger partial charge in [-0.05, 0) is 77.0 Å². The molecule has 0 aliphatic carbocycles. The van der Waals surface area contributed by atoms with Crippen molar-refractivity contribution >= 4 is 17.9 Å². The fourth-order valence-electron chi connectivity index (χ4n) is 7.06. The Kier molecular flexibility index (Phi) is 47.9. The molecule has 0 rings (SSSR count). The molecule has 62 heavy (non-hydrogen) atoms. The van der Waals surface area contributed by atoms with Gasteiger partial charge in [0.05, 0.1) is 0 Å². The van der Waals surface area contributed by atoms with E-state index in [0.717, 1.165) is 103 Å². The summed E-state index contributed by atoms with van der Waals surface area (Å²) in [7, 11) is 0. The molecular weight excluding hydrogens is 769 g/mol. The molecule has 0 radical (unpaired) electrons. The molecule has 0 aliphatic rings. The monoisotopic (exact) mass is 865 g/mol. The Labute approximate surface area is 382 Å². The minimum absolute atomic E-state index is 0.0902. The highest BCUT2D eigenvalue weighted by Crippen LogP contribution is 2.15. The quantitative estimate of drug-likeness (QED) is 0.0199. The van der Waals surface area contributed by atoms with Crippen LogP contribution in [0.2, 0.25) is 0 Å². The van der Waals surface area contributed by atoms with E-state index in [0.29, 0.717) is 19.3 Å². The fourth-order valence-corrected chi connectivity index (χ4v) is 7.06. The van der Waals surface area contributed by atoms with E-state index in [1.165, 1.54) is 103 Å². The molecule has 1 unspecified atom stereocenters. The van der Waals surface area contributed by atoms with Crippen molar-refractivity contribution in [2.24, 2.45) is 0 Å². The van der Waals surface area contributed by atoms with Crippen LogP contribution in [0.1, 0.15) is 245 Å². The summed E-state index contributed by atoms with van der Waals surface area (Å²) in [6, 6.07) is 0. The topological polar surface area (TPSA) is 78.9 Å². The van der Waals surface area contributed by atoms with E-state index in [4.69, 9.17) is 14.2 Å². The summed E-state index contributed by atoms with van der Waals surface area (Å²) >= 11 is 0. The molecule has 0 heterocycles. The van der Waals surface area contributed by atoms with E-state index in [-0.39, 0.29) is 31.1 Å². The molecule has 0 aromatic rings. The van der Waals surface area contributed by atoms with Crippen LogP contribution in [0.5, 0.6) is 0 Å². The Hall–Kier alpha value is -3.15. The zero-order valence-electron chi connectivity index (χ0n) is 40.6. The van der Waals surface area contributed by atoms with Crippen molar-refractivity contribution in [2.45, 2.75) is 252 Å². The lowest BCUT2D eigenvalue weighted by Crippen LogP contribution is -2.30. The second-order valence-corrected chi connectivity index (χ2v) is 17.1. The smallest absolute Gasteiger partial charge is 0.306 e. The summed E-state index contributed by atoms with van der Waals surface area (Å²) in [6.45, 7) is 6.44. The van der Waals surface area contributed by atoms with E-state index in [1.807, 2.05) is 0 Å². The average molecular weight is 865 g/mol. The number of carbonyl (C=O) groups excluding carboxylic acids is 3. The van der Waals surface area contributed by atoms with Crippen LogP contribution in [0.4, 0.5) is 0 Å². The fraction of sp³-hybridized carbons (Fsp3) is 0.732. The predicted octanol–water partition coefficient (Wildman–Crippen LogP) is 17.0. The molecule has 6 nitrogen and oxygen atoms in total. The van der Waals surface area contributed by atoms with Gasteiger partial charge < -0.3 is 14.2 Å². The molecule has 0 N–H and O–H groups in total. The van der Waals surface area contributed by atoms with Gasteiger partial charge >= 0.3 is 17.9 Å². The van der Waals surface area contributed by atoms with Gasteiger partial charge in [0.25, 0.3) is 0 Å². The van der Waals surface area contributed by atoms with Crippen LogP contribution in [0.15, 0.2) is 72.9 Å². The number of allylic oxidation sites excluding steroid dienone is 12. The molecule has 0 aromatic carbocycles.